The molecule has 0 fully saturated rings. The average Bonchev–Trinajstić information content (AvgIpc) is 2.14. The predicted molar refractivity (Wildman–Crippen MR) is 45.8 cm³/mol. The molecule has 0 spiro atoms. The van der Waals surface area contributed by atoms with Crippen molar-refractivity contribution in [3.8, 4) is 0 Å². The molecule has 3 nitrogen and oxygen atoms in total. The first-order valence-corrected chi connectivity index (χ1v) is 3.97. The van der Waals surface area contributed by atoms with Gasteiger partial charge in [-0.25, -0.2) is 4.39 Å². The van der Waals surface area contributed by atoms with E-state index in [1.54, 1.807) is 0 Å². The highest BCUT2D eigenvalue weighted by molar-refractivity contribution is 5.73. The van der Waals surface area contributed by atoms with Gasteiger partial charge in [-0.1, -0.05) is 12.1 Å². The Bertz CT molecular complexity index is 330. The second-order valence-corrected chi connectivity index (χ2v) is 2.83. The molecule has 1 unspecified atom stereocenters. The molecule has 76 valence electrons. The van der Waals surface area contributed by atoms with Gasteiger partial charge < -0.3 is 5.11 Å². The molecule has 2 N–H and O–H groups in total. The molecule has 0 heterocycles. The third-order valence-corrected chi connectivity index (χ3v) is 1.76. The molecular weight excluding hydrogens is 192 g/mol. The van der Waals surface area contributed by atoms with Crippen LogP contribution in [0.15, 0.2) is 24.3 Å². The molecule has 0 saturated carbocycles. The van der Waals surface area contributed by atoms with Crippen LogP contribution in [0.1, 0.15) is 5.56 Å². The van der Waals surface area contributed by atoms with Crippen molar-refractivity contribution < 1.29 is 18.8 Å². The number of rotatable bonds is 4. The Morgan fingerprint density at radius 2 is 2.29 bits per heavy atom. The molecule has 1 rings (SSSR count). The second-order valence-electron chi connectivity index (χ2n) is 2.83. The quantitative estimate of drug-likeness (QED) is 0.722. The fourth-order valence-electron chi connectivity index (χ4n) is 1.07. The molecule has 0 aliphatic rings. The number of aliphatic carboxylic acids is 1. The van der Waals surface area contributed by atoms with Crippen molar-refractivity contribution in [1.29, 1.82) is 0 Å². The van der Waals surface area contributed by atoms with Gasteiger partial charge in [0.25, 0.3) is 0 Å². The summed E-state index contributed by atoms with van der Waals surface area (Å²) >= 11 is 0. The Hall–Kier alpha value is -1.49. The number of hydrogen-bond acceptors (Lipinski definition) is 2. The Balaban J connectivity index is 2.72. The minimum absolute atomic E-state index is 0.0937. The monoisotopic (exact) mass is 201 g/mol. The number of carboxylic acid groups (broad SMARTS) is 1. The largest absolute Gasteiger partial charge is 0.480 e. The number of nitrogens with one attached hydrogen (secondary N) is 1. The summed E-state index contributed by atoms with van der Waals surface area (Å²) in [5, 5.41) is 8.51. The van der Waals surface area contributed by atoms with Crippen LogP contribution in [0.5, 0.6) is 0 Å². The van der Waals surface area contributed by atoms with E-state index in [4.69, 9.17) is 5.11 Å². The summed E-state index contributed by atoms with van der Waals surface area (Å²) in [6.07, 6.45) is -0.0937. The summed E-state index contributed by atoms with van der Waals surface area (Å²) in [6.45, 7) is 0. The third-order valence-electron chi connectivity index (χ3n) is 1.76. The van der Waals surface area contributed by atoms with Crippen LogP contribution in [0.25, 0.3) is 0 Å². The second kappa shape index (κ2) is 4.66. The van der Waals surface area contributed by atoms with E-state index >= 15 is 0 Å². The normalized spacial score (nSPS) is 12.4. The molecule has 1 aromatic rings. The fraction of sp³-hybridized carbons (Fsp3) is 0.222. The molecular formula is C9H9F2NO2. The zero-order valence-electron chi connectivity index (χ0n) is 7.21. The highest BCUT2D eigenvalue weighted by Crippen LogP contribution is 2.06. The lowest BCUT2D eigenvalue weighted by atomic mass is 10.1. The van der Waals surface area contributed by atoms with Crippen molar-refractivity contribution in [2.24, 2.45) is 0 Å². The summed E-state index contributed by atoms with van der Waals surface area (Å²) in [5.74, 6) is -1.78. The average molecular weight is 201 g/mol. The van der Waals surface area contributed by atoms with E-state index in [1.807, 2.05) is 0 Å². The maximum Gasteiger partial charge on any atom is 0.323 e. The summed E-state index contributed by atoms with van der Waals surface area (Å²) in [5.41, 5.74) is 1.58. The zero-order valence-corrected chi connectivity index (χ0v) is 7.21. The lowest BCUT2D eigenvalue weighted by Crippen LogP contribution is -2.33. The predicted octanol–water partition coefficient (Wildman–Crippen LogP) is 1.30. The van der Waals surface area contributed by atoms with Gasteiger partial charge >= 0.3 is 5.97 Å². The van der Waals surface area contributed by atoms with E-state index in [2.05, 4.69) is 0 Å². The van der Waals surface area contributed by atoms with Crippen molar-refractivity contribution in [1.82, 2.24) is 5.54 Å². The van der Waals surface area contributed by atoms with Crippen molar-refractivity contribution in [2.75, 3.05) is 0 Å². The first-order chi connectivity index (χ1) is 6.63. The first-order valence-electron chi connectivity index (χ1n) is 3.97. The van der Waals surface area contributed by atoms with Crippen LogP contribution in [0.4, 0.5) is 8.87 Å². The summed E-state index contributed by atoms with van der Waals surface area (Å²) in [4.78, 5) is 10.4. The van der Waals surface area contributed by atoms with Crippen LogP contribution in [0.3, 0.4) is 0 Å². The highest BCUT2D eigenvalue weighted by Gasteiger charge is 2.17. The number of carboxylic acids is 1. The van der Waals surface area contributed by atoms with Gasteiger partial charge in [0, 0.05) is 6.42 Å². The Morgan fingerprint density at radius 3 is 2.79 bits per heavy atom. The highest BCUT2D eigenvalue weighted by atomic mass is 19.2. The van der Waals surface area contributed by atoms with E-state index in [0.29, 0.717) is 5.56 Å². The van der Waals surface area contributed by atoms with E-state index < -0.39 is 17.8 Å². The Morgan fingerprint density at radius 1 is 1.57 bits per heavy atom. The van der Waals surface area contributed by atoms with Crippen LogP contribution >= 0.6 is 0 Å². The first kappa shape index (κ1) is 10.6. The molecule has 0 saturated heterocycles. The zero-order chi connectivity index (χ0) is 10.6. The summed E-state index contributed by atoms with van der Waals surface area (Å²) < 4.78 is 24.6. The smallest absolute Gasteiger partial charge is 0.323 e. The lowest BCUT2D eigenvalue weighted by molar-refractivity contribution is -0.140. The number of carbonyl (C=O) groups is 1. The molecule has 14 heavy (non-hydrogen) atoms. The van der Waals surface area contributed by atoms with E-state index in [9.17, 15) is 13.7 Å². The van der Waals surface area contributed by atoms with Crippen molar-refractivity contribution in [3.63, 3.8) is 0 Å². The Kier molecular flexibility index (Phi) is 3.53. The van der Waals surface area contributed by atoms with E-state index in [1.165, 1.54) is 24.3 Å². The molecule has 0 bridgehead atoms. The topological polar surface area (TPSA) is 49.3 Å². The van der Waals surface area contributed by atoms with Gasteiger partial charge in [0.1, 0.15) is 11.9 Å². The van der Waals surface area contributed by atoms with Gasteiger partial charge in [-0.3, -0.25) is 4.79 Å². The van der Waals surface area contributed by atoms with Gasteiger partial charge in [0.2, 0.25) is 0 Å². The molecule has 0 aliphatic carbocycles. The molecule has 0 radical (unpaired) electrons. The molecule has 5 heteroatoms. The van der Waals surface area contributed by atoms with E-state index in [-0.39, 0.29) is 6.42 Å². The molecule has 1 atom stereocenters. The SMILES string of the molecule is O=C(O)C(Cc1cccc(F)c1)NF. The maximum absolute atomic E-state index is 12.7. The molecule has 0 aliphatic heterocycles. The maximum atomic E-state index is 12.7. The van der Waals surface area contributed by atoms with Gasteiger partial charge in [0.15, 0.2) is 0 Å². The van der Waals surface area contributed by atoms with Crippen LogP contribution in [-0.2, 0) is 11.2 Å². The molecule has 1 aromatic carbocycles. The number of benzene rings is 1. The van der Waals surface area contributed by atoms with Crippen molar-refractivity contribution >= 4 is 5.97 Å². The van der Waals surface area contributed by atoms with Crippen LogP contribution in [-0.4, -0.2) is 17.1 Å². The third kappa shape index (κ3) is 2.77. The minimum atomic E-state index is -1.34. The van der Waals surface area contributed by atoms with Crippen LogP contribution in [0, 0.1) is 5.82 Å². The fourth-order valence-corrected chi connectivity index (χ4v) is 1.07. The molecule has 0 amide bonds. The minimum Gasteiger partial charge on any atom is -0.480 e. The van der Waals surface area contributed by atoms with Gasteiger partial charge in [-0.05, 0) is 17.7 Å². The summed E-state index contributed by atoms with van der Waals surface area (Å²) in [6, 6.07) is 4.06. The lowest BCUT2D eigenvalue weighted by Gasteiger charge is -2.08. The van der Waals surface area contributed by atoms with Crippen molar-refractivity contribution in [2.45, 2.75) is 12.5 Å². The van der Waals surface area contributed by atoms with Gasteiger partial charge in [0.05, 0.1) is 0 Å². The van der Waals surface area contributed by atoms with Gasteiger partial charge in [-0.15, -0.1) is 10.0 Å². The van der Waals surface area contributed by atoms with Gasteiger partial charge in [-0.2, -0.15) is 0 Å². The number of halogens is 2. The van der Waals surface area contributed by atoms with Crippen LogP contribution < -0.4 is 5.54 Å². The van der Waals surface area contributed by atoms with E-state index in [0.717, 1.165) is 5.54 Å². The van der Waals surface area contributed by atoms with Crippen LogP contribution in [0.2, 0.25) is 0 Å². The Labute approximate surface area is 79.3 Å². The standard InChI is InChI=1S/C9H9F2NO2/c10-7-3-1-2-6(4-7)5-8(12-11)9(13)14/h1-4,8,12H,5H2,(H,13,14). The van der Waals surface area contributed by atoms with Crippen molar-refractivity contribution in [3.05, 3.63) is 35.6 Å². The molecule has 0 aromatic heterocycles. The summed E-state index contributed by atoms with van der Waals surface area (Å²) in [7, 11) is 0. The number of hydrogen-bond donors (Lipinski definition) is 2.